The number of rotatable bonds is 50. The molecule has 63 heavy (non-hydrogen) atoms. The molecule has 6 heteroatoms. The molecule has 0 aromatic carbocycles. The molecule has 0 bridgehead atoms. The summed E-state index contributed by atoms with van der Waals surface area (Å²) in [5, 5.41) is 23.3. The van der Waals surface area contributed by atoms with Gasteiger partial charge < -0.3 is 20.3 Å². The van der Waals surface area contributed by atoms with Crippen molar-refractivity contribution in [1.29, 1.82) is 0 Å². The summed E-state index contributed by atoms with van der Waals surface area (Å²) in [6, 6.07) is -0.560. The van der Waals surface area contributed by atoms with E-state index in [1.165, 1.54) is 154 Å². The van der Waals surface area contributed by atoms with Crippen molar-refractivity contribution in [2.75, 3.05) is 13.2 Å². The highest BCUT2D eigenvalue weighted by Crippen LogP contribution is 2.16. The van der Waals surface area contributed by atoms with E-state index < -0.39 is 12.1 Å². The van der Waals surface area contributed by atoms with E-state index in [0.29, 0.717) is 25.9 Å². The number of hydrogen-bond acceptors (Lipinski definition) is 5. The van der Waals surface area contributed by atoms with Crippen molar-refractivity contribution in [3.63, 3.8) is 0 Å². The van der Waals surface area contributed by atoms with E-state index in [1.54, 1.807) is 0 Å². The smallest absolute Gasteiger partial charge is 0.305 e. The summed E-state index contributed by atoms with van der Waals surface area (Å²) >= 11 is 0. The number of esters is 1. The molecule has 0 aromatic heterocycles. The van der Waals surface area contributed by atoms with E-state index in [2.05, 4.69) is 67.8 Å². The Labute approximate surface area is 391 Å². The molecule has 0 aromatic rings. The maximum Gasteiger partial charge on any atom is 0.305 e. The number of allylic oxidation sites excluding steroid dienone is 8. The van der Waals surface area contributed by atoms with E-state index in [1.807, 2.05) is 0 Å². The lowest BCUT2D eigenvalue weighted by molar-refractivity contribution is -0.143. The molecule has 0 aliphatic rings. The first-order chi connectivity index (χ1) is 31.0. The molecule has 0 spiro atoms. The van der Waals surface area contributed by atoms with Crippen molar-refractivity contribution in [2.24, 2.45) is 0 Å². The van der Waals surface area contributed by atoms with E-state index >= 15 is 0 Å². The van der Waals surface area contributed by atoms with Gasteiger partial charge in [-0.25, -0.2) is 0 Å². The molecule has 0 heterocycles. The summed E-state index contributed by atoms with van der Waals surface area (Å²) in [6.07, 6.45) is 65.1. The number of carbonyl (C=O) groups excluding carboxylic acids is 2. The Balaban J connectivity index is 3.54. The zero-order valence-corrected chi connectivity index (χ0v) is 41.8. The van der Waals surface area contributed by atoms with Gasteiger partial charge in [0.25, 0.3) is 0 Å². The first-order valence-corrected chi connectivity index (χ1v) is 27.4. The molecule has 3 N–H and O–H groups in total. The third-order valence-corrected chi connectivity index (χ3v) is 12.4. The predicted octanol–water partition coefficient (Wildman–Crippen LogP) is 16.6. The number of ether oxygens (including phenoxy) is 1. The van der Waals surface area contributed by atoms with Gasteiger partial charge in [-0.3, -0.25) is 9.59 Å². The van der Waals surface area contributed by atoms with Gasteiger partial charge in [-0.2, -0.15) is 0 Å². The normalized spacial score (nSPS) is 13.0. The monoisotopic (exact) mass is 884 g/mol. The maximum absolute atomic E-state index is 12.5. The predicted molar refractivity (Wildman–Crippen MR) is 273 cm³/mol. The maximum atomic E-state index is 12.5. The molecule has 0 aliphatic carbocycles. The van der Waals surface area contributed by atoms with Crippen molar-refractivity contribution in [1.82, 2.24) is 5.32 Å². The first-order valence-electron chi connectivity index (χ1n) is 27.4. The number of amides is 1. The number of aliphatic hydroxyl groups excluding tert-OH is 2. The lowest BCUT2D eigenvalue weighted by Crippen LogP contribution is -2.45. The summed E-state index contributed by atoms with van der Waals surface area (Å²) in [5.41, 5.74) is 0. The van der Waals surface area contributed by atoms with Gasteiger partial charge in [0.1, 0.15) is 0 Å². The minimum atomic E-state index is -0.680. The average Bonchev–Trinajstić information content (AvgIpc) is 3.28. The van der Waals surface area contributed by atoms with Crippen LogP contribution in [0, 0.1) is 0 Å². The van der Waals surface area contributed by atoms with Crippen LogP contribution in [0.25, 0.3) is 0 Å². The molecule has 0 aliphatic heterocycles. The Kier molecular flexibility index (Phi) is 50.6. The molecule has 368 valence electrons. The summed E-state index contributed by atoms with van der Waals surface area (Å²) < 4.78 is 5.43. The van der Waals surface area contributed by atoms with Crippen LogP contribution in [0.2, 0.25) is 0 Å². The van der Waals surface area contributed by atoms with Gasteiger partial charge in [-0.15, -0.1) is 0 Å². The van der Waals surface area contributed by atoms with Gasteiger partial charge in [-0.1, -0.05) is 229 Å². The fourth-order valence-corrected chi connectivity index (χ4v) is 8.12. The van der Waals surface area contributed by atoms with Crippen molar-refractivity contribution in [3.8, 4) is 0 Å². The Morgan fingerprint density at radius 2 is 0.857 bits per heavy atom. The van der Waals surface area contributed by atoms with Gasteiger partial charge in [0.05, 0.1) is 25.4 Å². The zero-order valence-electron chi connectivity index (χ0n) is 41.8. The Morgan fingerprint density at radius 1 is 0.460 bits per heavy atom. The van der Waals surface area contributed by atoms with Crippen molar-refractivity contribution < 1.29 is 24.5 Å². The van der Waals surface area contributed by atoms with Crippen LogP contribution in [-0.4, -0.2) is 47.4 Å². The molecule has 0 saturated carbocycles. The van der Waals surface area contributed by atoms with Crippen LogP contribution in [0.1, 0.15) is 277 Å². The first kappa shape index (κ1) is 60.8. The Hall–Kier alpha value is -2.18. The number of unbranched alkanes of at least 4 members (excludes halogenated alkanes) is 32. The lowest BCUT2D eigenvalue weighted by Gasteiger charge is -2.22. The minimum absolute atomic E-state index is 0.0367. The minimum Gasteiger partial charge on any atom is -0.466 e. The molecular weight excluding hydrogens is 779 g/mol. The molecular formula is C57H105NO5. The van der Waals surface area contributed by atoms with Crippen LogP contribution in [0.5, 0.6) is 0 Å². The van der Waals surface area contributed by atoms with E-state index in [-0.39, 0.29) is 18.5 Å². The van der Waals surface area contributed by atoms with Crippen LogP contribution in [-0.2, 0) is 14.3 Å². The molecule has 0 fully saturated rings. The second kappa shape index (κ2) is 52.4. The molecule has 2 atom stereocenters. The highest BCUT2D eigenvalue weighted by Gasteiger charge is 2.20. The van der Waals surface area contributed by atoms with Crippen LogP contribution in [0.4, 0.5) is 0 Å². The van der Waals surface area contributed by atoms with E-state index in [9.17, 15) is 19.8 Å². The van der Waals surface area contributed by atoms with Crippen molar-refractivity contribution >= 4 is 11.9 Å². The van der Waals surface area contributed by atoms with Crippen molar-refractivity contribution in [3.05, 3.63) is 48.6 Å². The van der Waals surface area contributed by atoms with Crippen molar-refractivity contribution in [2.45, 2.75) is 289 Å². The molecule has 0 saturated heterocycles. The van der Waals surface area contributed by atoms with Crippen LogP contribution in [0.15, 0.2) is 48.6 Å². The van der Waals surface area contributed by atoms with Crippen LogP contribution in [0.3, 0.4) is 0 Å². The van der Waals surface area contributed by atoms with Gasteiger partial charge in [0.2, 0.25) is 5.91 Å². The Bertz CT molecular complexity index is 1070. The molecule has 6 nitrogen and oxygen atoms in total. The highest BCUT2D eigenvalue weighted by atomic mass is 16.5. The quantitative estimate of drug-likeness (QED) is 0.0245. The fraction of sp³-hybridized carbons (Fsp3) is 0.825. The molecule has 1 amide bonds. The van der Waals surface area contributed by atoms with E-state index in [0.717, 1.165) is 89.9 Å². The summed E-state index contributed by atoms with van der Waals surface area (Å²) in [4.78, 5) is 24.5. The van der Waals surface area contributed by atoms with Gasteiger partial charge in [-0.05, 0) is 83.5 Å². The molecule has 0 radical (unpaired) electrons. The lowest BCUT2D eigenvalue weighted by atomic mass is 10.0. The number of nitrogens with one attached hydrogen (secondary N) is 1. The number of carbonyl (C=O) groups is 2. The second-order valence-electron chi connectivity index (χ2n) is 18.6. The third-order valence-electron chi connectivity index (χ3n) is 12.4. The van der Waals surface area contributed by atoms with Crippen LogP contribution >= 0.6 is 0 Å². The van der Waals surface area contributed by atoms with Gasteiger partial charge in [0.15, 0.2) is 0 Å². The molecule has 2 unspecified atom stereocenters. The van der Waals surface area contributed by atoms with E-state index in [4.69, 9.17) is 4.74 Å². The summed E-state index contributed by atoms with van der Waals surface area (Å²) in [7, 11) is 0. The second-order valence-corrected chi connectivity index (χ2v) is 18.6. The fourth-order valence-electron chi connectivity index (χ4n) is 8.12. The zero-order chi connectivity index (χ0) is 45.8. The molecule has 0 rings (SSSR count). The third kappa shape index (κ3) is 49.1. The summed E-state index contributed by atoms with van der Waals surface area (Å²) in [5.74, 6) is -0.0946. The Morgan fingerprint density at radius 3 is 1.35 bits per heavy atom. The number of hydrogen-bond donors (Lipinski definition) is 3. The highest BCUT2D eigenvalue weighted by molar-refractivity contribution is 5.76. The summed E-state index contributed by atoms with van der Waals surface area (Å²) in [6.45, 7) is 4.85. The van der Waals surface area contributed by atoms with Gasteiger partial charge >= 0.3 is 5.97 Å². The average molecular weight is 884 g/mol. The van der Waals surface area contributed by atoms with Gasteiger partial charge in [0, 0.05) is 12.8 Å². The number of aliphatic hydroxyl groups is 2. The SMILES string of the molecule is CCCC/C=C\C/C=C\CCCCCCCC(=O)OCCCCC/C=C\C=C/CCCCCCCCC(=O)NC(CO)C(O)CCCCCCCCCCCCCCCCCCC. The van der Waals surface area contributed by atoms with Crippen LogP contribution < -0.4 is 5.32 Å². The standard InChI is InChI=1S/C57H105NO5/c1-3-5-7-9-11-13-15-17-19-20-22-25-29-33-37-41-45-49-55(60)54(53-59)58-56(61)50-46-42-38-34-30-26-23-21-24-28-32-36-40-44-48-52-63-57(62)51-47-43-39-35-31-27-18-16-14-12-10-8-6-4-2/h10,12,16,18,21,24,28,32,54-55,59-60H,3-9,11,13-15,17,19-20,22-23,25-27,29-31,33-53H2,1-2H3,(H,58,61)/b12-10-,18-16-,24-21-,32-28-. The topological polar surface area (TPSA) is 95.9 Å². The largest absolute Gasteiger partial charge is 0.466 e.